The second kappa shape index (κ2) is 6.19. The van der Waals surface area contributed by atoms with Gasteiger partial charge in [-0.15, -0.1) is 0 Å². The molecule has 0 unspecified atom stereocenters. The number of nitrogens with one attached hydrogen (secondary N) is 1. The fourth-order valence-corrected chi connectivity index (χ4v) is 1.54. The summed E-state index contributed by atoms with van der Waals surface area (Å²) in [4.78, 5) is 11.8. The molecular formula is C12H13ClN4O2. The predicted octanol–water partition coefficient (Wildman–Crippen LogP) is 2.76. The number of hydrogen-bond donors (Lipinski definition) is 1. The number of ether oxygens (including phenoxy) is 2. The van der Waals surface area contributed by atoms with Gasteiger partial charge in [0.25, 0.3) is 0 Å². The largest absolute Gasteiger partial charge is 0.494 e. The lowest BCUT2D eigenvalue weighted by molar-refractivity contribution is 0.337. The molecule has 0 bridgehead atoms. The summed E-state index contributed by atoms with van der Waals surface area (Å²) in [5.74, 6) is 1.63. The molecule has 0 amide bonds. The van der Waals surface area contributed by atoms with Crippen LogP contribution in [0, 0.1) is 0 Å². The van der Waals surface area contributed by atoms with Gasteiger partial charge in [-0.2, -0.15) is 15.0 Å². The number of anilines is 1. The first-order valence-corrected chi connectivity index (χ1v) is 6.09. The standard InChI is InChI=1S/C12H13ClN4O2/c1-3-18-8-5-4-6-9(7-8)19-12-16-10(13)15-11(14-2)17-12/h4-7H,3H2,1-2H3,(H,14,15,16,17). The highest BCUT2D eigenvalue weighted by Crippen LogP contribution is 2.24. The Bertz CT molecular complexity index is 565. The Morgan fingerprint density at radius 1 is 1.21 bits per heavy atom. The molecule has 0 saturated heterocycles. The number of nitrogens with zero attached hydrogens (tertiary/aromatic N) is 3. The molecule has 2 rings (SSSR count). The number of hydrogen-bond acceptors (Lipinski definition) is 6. The minimum Gasteiger partial charge on any atom is -0.494 e. The van der Waals surface area contributed by atoms with E-state index < -0.39 is 0 Å². The highest BCUT2D eigenvalue weighted by Gasteiger charge is 2.06. The number of aromatic nitrogens is 3. The zero-order chi connectivity index (χ0) is 13.7. The maximum absolute atomic E-state index is 5.77. The Morgan fingerprint density at radius 2 is 2.00 bits per heavy atom. The molecular weight excluding hydrogens is 268 g/mol. The van der Waals surface area contributed by atoms with Gasteiger partial charge in [0.1, 0.15) is 11.5 Å². The van der Waals surface area contributed by atoms with Crippen molar-refractivity contribution in [1.82, 2.24) is 15.0 Å². The van der Waals surface area contributed by atoms with Gasteiger partial charge in [-0.3, -0.25) is 0 Å². The van der Waals surface area contributed by atoms with Gasteiger partial charge >= 0.3 is 6.01 Å². The molecule has 100 valence electrons. The zero-order valence-corrected chi connectivity index (χ0v) is 11.3. The molecule has 1 aromatic carbocycles. The van der Waals surface area contributed by atoms with Gasteiger partial charge in [-0.25, -0.2) is 0 Å². The lowest BCUT2D eigenvalue weighted by Crippen LogP contribution is -2.01. The van der Waals surface area contributed by atoms with Crippen LogP contribution in [-0.4, -0.2) is 28.6 Å². The van der Waals surface area contributed by atoms with Crippen LogP contribution in [0.25, 0.3) is 0 Å². The fourth-order valence-electron chi connectivity index (χ4n) is 1.39. The van der Waals surface area contributed by atoms with Crippen molar-refractivity contribution in [2.75, 3.05) is 19.0 Å². The first-order valence-electron chi connectivity index (χ1n) is 5.71. The molecule has 0 aliphatic heterocycles. The molecule has 2 aromatic rings. The zero-order valence-electron chi connectivity index (χ0n) is 10.6. The van der Waals surface area contributed by atoms with Crippen LogP contribution in [-0.2, 0) is 0 Å². The summed E-state index contributed by atoms with van der Waals surface area (Å²) in [6.45, 7) is 2.50. The molecule has 19 heavy (non-hydrogen) atoms. The molecule has 0 radical (unpaired) electrons. The summed E-state index contributed by atoms with van der Waals surface area (Å²) in [6, 6.07) is 7.31. The average molecular weight is 281 g/mol. The van der Waals surface area contributed by atoms with Crippen LogP contribution < -0.4 is 14.8 Å². The van der Waals surface area contributed by atoms with Crippen LogP contribution in [0.2, 0.25) is 5.28 Å². The van der Waals surface area contributed by atoms with Crippen LogP contribution in [0.5, 0.6) is 17.5 Å². The minimum atomic E-state index is 0.0651. The van der Waals surface area contributed by atoms with Crippen LogP contribution in [0.1, 0.15) is 6.92 Å². The summed E-state index contributed by atoms with van der Waals surface area (Å²) in [7, 11) is 1.69. The van der Waals surface area contributed by atoms with Crippen molar-refractivity contribution < 1.29 is 9.47 Å². The second-order valence-corrected chi connectivity index (χ2v) is 3.81. The number of halogens is 1. The van der Waals surface area contributed by atoms with E-state index in [1.165, 1.54) is 0 Å². The van der Waals surface area contributed by atoms with Crippen molar-refractivity contribution in [1.29, 1.82) is 0 Å². The van der Waals surface area contributed by atoms with Gasteiger partial charge in [0.15, 0.2) is 0 Å². The maximum atomic E-state index is 5.77. The van der Waals surface area contributed by atoms with Gasteiger partial charge < -0.3 is 14.8 Å². The van der Waals surface area contributed by atoms with Crippen molar-refractivity contribution in [3.05, 3.63) is 29.5 Å². The smallest absolute Gasteiger partial charge is 0.328 e. The van der Waals surface area contributed by atoms with E-state index in [0.29, 0.717) is 24.1 Å². The molecule has 0 saturated carbocycles. The summed E-state index contributed by atoms with van der Waals surface area (Å²) in [5, 5.41) is 2.84. The molecule has 1 heterocycles. The normalized spacial score (nSPS) is 10.1. The fraction of sp³-hybridized carbons (Fsp3) is 0.250. The predicted molar refractivity (Wildman–Crippen MR) is 72.1 cm³/mol. The van der Waals surface area contributed by atoms with Crippen LogP contribution in [0.3, 0.4) is 0 Å². The SMILES string of the molecule is CCOc1cccc(Oc2nc(Cl)nc(NC)n2)c1. The topological polar surface area (TPSA) is 69.2 Å². The van der Waals surface area contributed by atoms with Gasteiger partial charge in [0, 0.05) is 13.1 Å². The Morgan fingerprint density at radius 3 is 2.74 bits per heavy atom. The van der Waals surface area contributed by atoms with E-state index in [4.69, 9.17) is 21.1 Å². The highest BCUT2D eigenvalue weighted by molar-refractivity contribution is 6.28. The van der Waals surface area contributed by atoms with E-state index >= 15 is 0 Å². The molecule has 1 N–H and O–H groups in total. The Hall–Kier alpha value is -2.08. The quantitative estimate of drug-likeness (QED) is 0.908. The van der Waals surface area contributed by atoms with Crippen LogP contribution >= 0.6 is 11.6 Å². The third-order valence-corrected chi connectivity index (χ3v) is 2.31. The monoisotopic (exact) mass is 280 g/mol. The Kier molecular flexibility index (Phi) is 4.35. The Labute approximate surface area is 115 Å². The van der Waals surface area contributed by atoms with Gasteiger partial charge in [0.2, 0.25) is 11.2 Å². The molecule has 1 aromatic heterocycles. The van der Waals surface area contributed by atoms with E-state index in [1.807, 2.05) is 19.1 Å². The molecule has 0 fully saturated rings. The minimum absolute atomic E-state index is 0.0651. The average Bonchev–Trinajstić information content (AvgIpc) is 2.39. The molecule has 0 spiro atoms. The maximum Gasteiger partial charge on any atom is 0.328 e. The molecule has 0 aliphatic carbocycles. The van der Waals surface area contributed by atoms with E-state index in [9.17, 15) is 0 Å². The molecule has 0 aliphatic rings. The van der Waals surface area contributed by atoms with Crippen molar-refractivity contribution in [3.63, 3.8) is 0 Å². The van der Waals surface area contributed by atoms with E-state index in [0.717, 1.165) is 0 Å². The lowest BCUT2D eigenvalue weighted by Gasteiger charge is -2.07. The molecule has 0 atom stereocenters. The third kappa shape index (κ3) is 3.69. The van der Waals surface area contributed by atoms with E-state index in [1.54, 1.807) is 19.2 Å². The lowest BCUT2D eigenvalue weighted by atomic mass is 10.3. The highest BCUT2D eigenvalue weighted by atomic mass is 35.5. The van der Waals surface area contributed by atoms with Crippen LogP contribution in [0.4, 0.5) is 5.95 Å². The van der Waals surface area contributed by atoms with Crippen molar-refractivity contribution >= 4 is 17.5 Å². The summed E-state index contributed by atoms with van der Waals surface area (Å²) in [5.41, 5.74) is 0. The van der Waals surface area contributed by atoms with Crippen molar-refractivity contribution in [2.45, 2.75) is 6.92 Å². The first-order chi connectivity index (χ1) is 9.21. The van der Waals surface area contributed by atoms with E-state index in [-0.39, 0.29) is 11.3 Å². The molecule has 7 heteroatoms. The summed E-state index contributed by atoms with van der Waals surface area (Å²) in [6.07, 6.45) is 0. The second-order valence-electron chi connectivity index (χ2n) is 3.47. The Balaban J connectivity index is 2.20. The van der Waals surface area contributed by atoms with Gasteiger partial charge in [-0.1, -0.05) is 6.07 Å². The van der Waals surface area contributed by atoms with Crippen LogP contribution in [0.15, 0.2) is 24.3 Å². The molecule has 6 nitrogen and oxygen atoms in total. The summed E-state index contributed by atoms with van der Waals surface area (Å²) >= 11 is 5.77. The van der Waals surface area contributed by atoms with Gasteiger partial charge in [-0.05, 0) is 30.7 Å². The first kappa shape index (κ1) is 13.4. The van der Waals surface area contributed by atoms with Crippen molar-refractivity contribution in [3.8, 4) is 17.5 Å². The number of rotatable bonds is 5. The third-order valence-electron chi connectivity index (χ3n) is 2.14. The van der Waals surface area contributed by atoms with Crippen molar-refractivity contribution in [2.24, 2.45) is 0 Å². The number of benzene rings is 1. The summed E-state index contributed by atoms with van der Waals surface area (Å²) < 4.78 is 10.9. The van der Waals surface area contributed by atoms with E-state index in [2.05, 4.69) is 20.3 Å². The van der Waals surface area contributed by atoms with Gasteiger partial charge in [0.05, 0.1) is 6.61 Å².